The quantitative estimate of drug-likeness (QED) is 0.0317. The highest BCUT2D eigenvalue weighted by atomic mass is 32.4. The van der Waals surface area contributed by atoms with Crippen LogP contribution in [0, 0.1) is 11.5 Å². The number of nitrogens with one attached hydrogen (secondary N) is 7. The Morgan fingerprint density at radius 1 is 0.830 bits per heavy atom. The maximum Gasteiger partial charge on any atom is 0.422 e. The van der Waals surface area contributed by atoms with Gasteiger partial charge in [-0.05, 0) is 29.1 Å². The van der Waals surface area contributed by atoms with Crippen molar-refractivity contribution in [2.24, 2.45) is 11.5 Å². The Kier molecular flexibility index (Phi) is 39.4. The van der Waals surface area contributed by atoms with Crippen molar-refractivity contribution < 1.29 is 9.32 Å². The Hall–Kier alpha value is -2.53. The Labute approximate surface area is 294 Å². The van der Waals surface area contributed by atoms with Crippen molar-refractivity contribution in [1.29, 1.82) is 5.26 Å². The second-order valence-corrected chi connectivity index (χ2v) is 8.79. The van der Waals surface area contributed by atoms with Gasteiger partial charge in [-0.3, -0.25) is 9.80 Å². The summed E-state index contributed by atoms with van der Waals surface area (Å²) in [5, 5.41) is 35.4. The van der Waals surface area contributed by atoms with Crippen molar-refractivity contribution in [2.75, 3.05) is 114 Å². The summed E-state index contributed by atoms with van der Waals surface area (Å²) in [6.45, 7) is 16.6. The second-order valence-electron chi connectivity index (χ2n) is 8.55. The van der Waals surface area contributed by atoms with Gasteiger partial charge in [0.15, 0.2) is 6.19 Å². The molecule has 2 rings (SSSR count). The topological polar surface area (TPSA) is 304 Å². The summed E-state index contributed by atoms with van der Waals surface area (Å²) in [6, 6.07) is 0. The van der Waals surface area contributed by atoms with E-state index in [9.17, 15) is 4.79 Å². The summed E-state index contributed by atoms with van der Waals surface area (Å²) >= 11 is 7.78. The molecule has 0 aliphatic carbocycles. The number of aromatic nitrogens is 6. The minimum absolute atomic E-state index is 0.302. The van der Waals surface area contributed by atoms with Gasteiger partial charge in [-0.15, -0.1) is 10.2 Å². The molecule has 0 saturated heterocycles. The van der Waals surface area contributed by atoms with Gasteiger partial charge < -0.3 is 48.7 Å². The molecule has 0 aromatic carbocycles. The van der Waals surface area contributed by atoms with Crippen molar-refractivity contribution in [1.82, 2.24) is 56.1 Å². The summed E-state index contributed by atoms with van der Waals surface area (Å²) in [5.41, 5.74) is 21.9. The number of likely N-dealkylation sites (N-methyl/N-ethyl adjacent to an activating group) is 2. The number of nitriles is 1. The lowest BCUT2D eigenvalue weighted by Crippen LogP contribution is -2.38. The van der Waals surface area contributed by atoms with E-state index in [-0.39, 0.29) is 0 Å². The third-order valence-corrected chi connectivity index (χ3v) is 5.51. The number of nitrogen functional groups attached to an aromatic ring is 2. The van der Waals surface area contributed by atoms with E-state index in [1.807, 2.05) is 0 Å². The fraction of sp³-hybridized carbons (Fsp3) is 0.727. The molecule has 0 spiro atoms. The summed E-state index contributed by atoms with van der Waals surface area (Å²) in [7, 11) is 6.82. The van der Waals surface area contributed by atoms with Gasteiger partial charge in [0.1, 0.15) is 0 Å². The van der Waals surface area contributed by atoms with E-state index in [4.69, 9.17) is 28.2 Å². The Morgan fingerprint density at radius 2 is 1.21 bits per heavy atom. The number of nitrogens with two attached hydrogens (primary N) is 4. The first-order valence-corrected chi connectivity index (χ1v) is 18.1. The molecule has 0 bridgehead atoms. The predicted molar refractivity (Wildman–Crippen MR) is 203 cm³/mol. The van der Waals surface area contributed by atoms with E-state index in [0.29, 0.717) is 36.9 Å². The smallest absolute Gasteiger partial charge is 0.422 e. The van der Waals surface area contributed by atoms with Crippen LogP contribution in [-0.2, 0) is 28.1 Å². The molecule has 15 N–H and O–H groups in total. The number of amides is 1. The fourth-order valence-corrected chi connectivity index (χ4v) is 3.36. The first kappa shape index (κ1) is 48.9. The summed E-state index contributed by atoms with van der Waals surface area (Å²) in [5.74, 6) is 1.62. The Bertz CT molecular complexity index is 968. The zero-order chi connectivity index (χ0) is 36.1. The highest BCUT2D eigenvalue weighted by Crippen LogP contribution is 2.00. The van der Waals surface area contributed by atoms with Crippen LogP contribution in [0.25, 0.3) is 0 Å². The molecular weight excluding hydrogens is 705 g/mol. The fourth-order valence-electron chi connectivity index (χ4n) is 3.30. The van der Waals surface area contributed by atoms with Crippen LogP contribution in [0.1, 0.15) is 13.8 Å². The van der Waals surface area contributed by atoms with Crippen molar-refractivity contribution >= 4 is 79.0 Å². The van der Waals surface area contributed by atoms with E-state index in [2.05, 4.69) is 119 Å². The molecule has 0 radical (unpaired) electrons. The minimum atomic E-state index is -0.771. The molecule has 2 heterocycles. The normalized spacial score (nSPS) is 9.57. The molecule has 20 nitrogen and oxygen atoms in total. The number of carbonyl (C=O) groups is 1. The minimum Gasteiger partial charge on any atom is -0.435 e. The van der Waals surface area contributed by atoms with Crippen LogP contribution in [-0.4, -0.2) is 138 Å². The van der Waals surface area contributed by atoms with Gasteiger partial charge in [0.25, 0.3) is 0 Å². The SMILES string of the molecule is CCNCCN(CCN)CCN.CCNCCN(CCNc1n[nH]c(N)n1)CCNc1n[nH]c(N)n1.N#CNC(=O)OP.P=S.P=S. The van der Waals surface area contributed by atoms with Crippen LogP contribution in [0.15, 0.2) is 0 Å². The summed E-state index contributed by atoms with van der Waals surface area (Å²) < 4.78 is 3.93. The van der Waals surface area contributed by atoms with E-state index in [0.717, 1.165) is 78.5 Å². The molecule has 1 unspecified atom stereocenters. The molecule has 0 aliphatic heterocycles. The Morgan fingerprint density at radius 3 is 1.49 bits per heavy atom. The van der Waals surface area contributed by atoms with Crippen LogP contribution in [0.5, 0.6) is 0 Å². The van der Waals surface area contributed by atoms with Crippen molar-refractivity contribution in [3.05, 3.63) is 0 Å². The predicted octanol–water partition coefficient (Wildman–Crippen LogP) is -1.50. The third-order valence-electron chi connectivity index (χ3n) is 5.29. The lowest BCUT2D eigenvalue weighted by atomic mass is 10.4. The molecule has 2 aromatic rings. The first-order valence-electron chi connectivity index (χ1n) is 14.4. The second kappa shape index (κ2) is 37.9. The molecule has 0 saturated carbocycles. The van der Waals surface area contributed by atoms with Gasteiger partial charge in [-0.2, -0.15) is 15.2 Å². The highest BCUT2D eigenvalue weighted by Gasteiger charge is 2.07. The van der Waals surface area contributed by atoms with Crippen LogP contribution in [0.2, 0.25) is 0 Å². The van der Waals surface area contributed by atoms with Crippen LogP contribution in [0.3, 0.4) is 0 Å². The largest absolute Gasteiger partial charge is 0.435 e. The number of hydrogen-bond donors (Lipinski definition) is 11. The molecule has 47 heavy (non-hydrogen) atoms. The average molecular weight is 759 g/mol. The first-order chi connectivity index (χ1) is 22.8. The number of nitrogens with zero attached hydrogens (tertiary/aromatic N) is 7. The standard InChI is InChI=1S/C12H26N12.C8H22N4.C2H3N2O2P.2HPS/c1-2-15-3-6-24(7-4-16-11-18-9(13)20-22-11)8-5-17-12-19-10(14)21-23-12;1-2-11-5-8-12(6-3-9)7-4-10;3-1-4-2(5)6-7;2*1-2/h15H,2-8H2,1H3,(H4,13,16,18,20,22)(H4,14,17,19,21,23);11H,2-10H2,1H3;7H2,(H,4,5);2*1H. The molecule has 1 atom stereocenters. The maximum absolute atomic E-state index is 9.84. The van der Waals surface area contributed by atoms with E-state index < -0.39 is 6.09 Å². The number of hydrogen-bond acceptors (Lipinski definition) is 19. The van der Waals surface area contributed by atoms with Crippen LogP contribution >= 0.6 is 25.5 Å². The van der Waals surface area contributed by atoms with Gasteiger partial charge in [-0.1, -0.05) is 37.5 Å². The zero-order valence-electron chi connectivity index (χ0n) is 27.0. The summed E-state index contributed by atoms with van der Waals surface area (Å²) in [6.07, 6.45) is 0.610. The van der Waals surface area contributed by atoms with Crippen LogP contribution < -0.4 is 49.5 Å². The number of rotatable bonds is 20. The molecular formula is C22H53N18O2P3S2. The highest BCUT2D eigenvalue weighted by molar-refractivity contribution is 7.89. The van der Waals surface area contributed by atoms with E-state index >= 15 is 0 Å². The van der Waals surface area contributed by atoms with Crippen molar-refractivity contribution in [2.45, 2.75) is 13.8 Å². The van der Waals surface area contributed by atoms with Gasteiger partial charge in [0, 0.05) is 78.5 Å². The number of H-pyrrole nitrogens is 2. The maximum atomic E-state index is 9.84. The average Bonchev–Trinajstić information content (AvgIpc) is 3.70. The van der Waals surface area contributed by atoms with Gasteiger partial charge in [0.2, 0.25) is 23.8 Å². The van der Waals surface area contributed by atoms with Gasteiger partial charge in [0.05, 0.1) is 9.47 Å². The number of aromatic amines is 2. The number of anilines is 4. The lowest BCUT2D eigenvalue weighted by molar-refractivity contribution is 0.212. The van der Waals surface area contributed by atoms with Crippen molar-refractivity contribution in [3.63, 3.8) is 0 Å². The molecule has 0 aliphatic rings. The number of carbonyl (C=O) groups excluding carboxylic acids is 1. The molecule has 0 fully saturated rings. The summed E-state index contributed by atoms with van der Waals surface area (Å²) in [4.78, 5) is 22.5. The van der Waals surface area contributed by atoms with Gasteiger partial charge >= 0.3 is 6.09 Å². The van der Waals surface area contributed by atoms with E-state index in [1.165, 1.54) is 6.19 Å². The van der Waals surface area contributed by atoms with E-state index in [1.54, 1.807) is 14.8 Å². The monoisotopic (exact) mass is 758 g/mol. The molecule has 2 aromatic heterocycles. The Balaban J connectivity index is -0.000000702. The van der Waals surface area contributed by atoms with Gasteiger partial charge in [-0.25, -0.2) is 20.3 Å². The molecule has 270 valence electrons. The van der Waals surface area contributed by atoms with Crippen molar-refractivity contribution in [3.8, 4) is 6.19 Å². The third kappa shape index (κ3) is 31.8. The van der Waals surface area contributed by atoms with Crippen LogP contribution in [0.4, 0.5) is 28.6 Å². The lowest BCUT2D eigenvalue weighted by Gasteiger charge is -2.22. The molecule has 1 amide bonds. The zero-order valence-corrected chi connectivity index (χ0v) is 31.8. The molecule has 25 heteroatoms.